The molecule has 0 saturated carbocycles. The van der Waals surface area contributed by atoms with Crippen molar-refractivity contribution in [2.75, 3.05) is 11.5 Å². The monoisotopic (exact) mass is 171 g/mol. The summed E-state index contributed by atoms with van der Waals surface area (Å²) in [6, 6.07) is 0. The molecule has 0 spiro atoms. The fourth-order valence-electron chi connectivity index (χ4n) is 0.180. The largest absolute Gasteiger partial charge is 0.286 e. The van der Waals surface area contributed by atoms with Crippen molar-refractivity contribution in [2.24, 2.45) is 4.58 Å². The summed E-state index contributed by atoms with van der Waals surface area (Å²) in [7, 11) is -3.92. The molecule has 0 saturated heterocycles. The quantitative estimate of drug-likeness (QED) is 0.284. The molecule has 7 heteroatoms. The van der Waals surface area contributed by atoms with E-state index in [2.05, 4.69) is 4.58 Å². The molecule has 0 atom stereocenters. The molecular weight excluding hydrogens is 166 g/mol. The Morgan fingerprint density at radius 2 is 2.11 bits per heavy atom. The van der Waals surface area contributed by atoms with Gasteiger partial charge in [-0.1, -0.05) is 0 Å². The number of hydrogen-bond acceptors (Lipinski definition) is 5. The van der Waals surface area contributed by atoms with Gasteiger partial charge in [0, 0.05) is 22.3 Å². The lowest BCUT2D eigenvalue weighted by molar-refractivity contribution is 0.485. The number of hydrogen-bond donors (Lipinski definition) is 1. The normalized spacial score (nSPS) is 11.2. The van der Waals surface area contributed by atoms with Gasteiger partial charge >= 0.3 is 0 Å². The molecule has 0 aromatic heterocycles. The molecule has 0 fully saturated rings. The Balaban J connectivity index is 3.40. The molecule has 0 aromatic rings. The summed E-state index contributed by atoms with van der Waals surface area (Å²) in [4.78, 5) is 9.33. The predicted octanol–water partition coefficient (Wildman–Crippen LogP) is 0.289. The first kappa shape index (κ1) is 8.86. The van der Waals surface area contributed by atoms with E-state index < -0.39 is 15.9 Å². The first-order chi connectivity index (χ1) is 4.06. The highest BCUT2D eigenvalue weighted by atomic mass is 32.2. The van der Waals surface area contributed by atoms with Gasteiger partial charge in [-0.15, -0.1) is 4.91 Å². The Labute approximate surface area is 56.7 Å². The van der Waals surface area contributed by atoms with Gasteiger partial charge in [0.25, 0.3) is 10.1 Å². The average Bonchev–Trinajstić information content (AvgIpc) is 1.63. The van der Waals surface area contributed by atoms with E-state index in [9.17, 15) is 13.3 Å². The average molecular weight is 171 g/mol. The van der Waals surface area contributed by atoms with Crippen LogP contribution in [-0.4, -0.2) is 24.5 Å². The Bertz CT molecular complexity index is 173. The van der Waals surface area contributed by atoms with Crippen molar-refractivity contribution in [3.63, 3.8) is 0 Å². The third-order valence-corrected chi connectivity index (χ3v) is 1.96. The molecule has 0 aliphatic carbocycles. The lowest BCUT2D eigenvalue weighted by atomic mass is 11.0. The van der Waals surface area contributed by atoms with E-state index in [0.29, 0.717) is 11.9 Å². The lowest BCUT2D eigenvalue weighted by Crippen LogP contribution is -2.05. The van der Waals surface area contributed by atoms with Crippen LogP contribution in [0.5, 0.6) is 0 Å². The Morgan fingerprint density at radius 3 is 2.44 bits per heavy atom. The highest BCUT2D eigenvalue weighted by molar-refractivity contribution is 7.98. The van der Waals surface area contributed by atoms with Crippen molar-refractivity contribution in [3.8, 4) is 0 Å². The van der Waals surface area contributed by atoms with Crippen LogP contribution in [0.4, 0.5) is 0 Å². The van der Waals surface area contributed by atoms with Crippen LogP contribution in [0.25, 0.3) is 0 Å². The topological polar surface area (TPSA) is 83.8 Å². The fraction of sp³-hybridized carbons (Fsp3) is 1.00. The van der Waals surface area contributed by atoms with Crippen LogP contribution < -0.4 is 0 Å². The molecule has 0 aliphatic rings. The van der Waals surface area contributed by atoms with E-state index in [1.807, 2.05) is 0 Å². The van der Waals surface area contributed by atoms with Crippen LogP contribution in [0.2, 0.25) is 0 Å². The van der Waals surface area contributed by atoms with Crippen LogP contribution in [0.15, 0.2) is 4.58 Å². The van der Waals surface area contributed by atoms with Crippen molar-refractivity contribution < 1.29 is 13.0 Å². The second-order valence-corrected chi connectivity index (χ2v) is 3.58. The van der Waals surface area contributed by atoms with Crippen molar-refractivity contribution in [3.05, 3.63) is 4.91 Å². The minimum atomic E-state index is -3.92. The van der Waals surface area contributed by atoms with Crippen LogP contribution in [-0.2, 0) is 10.1 Å². The third-order valence-electron chi connectivity index (χ3n) is 0.485. The molecule has 0 heterocycles. The Morgan fingerprint density at radius 1 is 1.56 bits per heavy atom. The van der Waals surface area contributed by atoms with Gasteiger partial charge in [-0.3, -0.25) is 4.55 Å². The van der Waals surface area contributed by atoms with Crippen molar-refractivity contribution in [1.82, 2.24) is 0 Å². The zero-order valence-corrected chi connectivity index (χ0v) is 5.98. The molecule has 5 nitrogen and oxygen atoms in total. The van der Waals surface area contributed by atoms with Gasteiger partial charge in [-0.25, -0.2) is 0 Å². The lowest BCUT2D eigenvalue weighted by Gasteiger charge is -1.88. The van der Waals surface area contributed by atoms with Crippen molar-refractivity contribution >= 4 is 22.1 Å². The predicted molar refractivity (Wildman–Crippen MR) is 34.7 cm³/mol. The van der Waals surface area contributed by atoms with Crippen LogP contribution in [0, 0.1) is 4.91 Å². The zero-order valence-electron chi connectivity index (χ0n) is 4.35. The molecule has 0 radical (unpaired) electrons. The number of nitroso groups, excluding NO2 is 1. The van der Waals surface area contributed by atoms with Gasteiger partial charge in [0.05, 0.1) is 5.75 Å². The maximum atomic E-state index is 9.90. The summed E-state index contributed by atoms with van der Waals surface area (Å²) in [5.41, 5.74) is 0. The maximum absolute atomic E-state index is 9.90. The standard InChI is InChI=1S/C2H5NO4S2/c4-3-8-1-2-9(5,6)7/h1-2H2,(H,5,6,7). The molecule has 0 unspecified atom stereocenters. The molecule has 0 aromatic carbocycles. The summed E-state index contributed by atoms with van der Waals surface area (Å²) in [6.45, 7) is 0. The first-order valence-corrected chi connectivity index (χ1v) is 4.51. The van der Waals surface area contributed by atoms with E-state index in [1.165, 1.54) is 0 Å². The SMILES string of the molecule is O=NSCCS(=O)(=O)O. The molecule has 0 bridgehead atoms. The minimum Gasteiger partial charge on any atom is -0.286 e. The van der Waals surface area contributed by atoms with Gasteiger partial charge in [-0.2, -0.15) is 8.42 Å². The van der Waals surface area contributed by atoms with Crippen LogP contribution in [0.3, 0.4) is 0 Å². The molecule has 1 N–H and O–H groups in total. The fourth-order valence-corrected chi connectivity index (χ4v) is 1.39. The van der Waals surface area contributed by atoms with E-state index in [0.717, 1.165) is 0 Å². The zero-order chi connectivity index (χ0) is 7.33. The molecule has 0 aliphatic heterocycles. The van der Waals surface area contributed by atoms with Crippen molar-refractivity contribution in [1.29, 1.82) is 0 Å². The van der Waals surface area contributed by atoms with E-state index in [4.69, 9.17) is 4.55 Å². The van der Waals surface area contributed by atoms with Gasteiger partial charge in [0.15, 0.2) is 0 Å². The summed E-state index contributed by atoms with van der Waals surface area (Å²) in [5.74, 6) is -0.425. The number of rotatable bonds is 4. The summed E-state index contributed by atoms with van der Waals surface area (Å²) < 4.78 is 30.2. The molecular formula is C2H5NO4S2. The third kappa shape index (κ3) is 7.86. The first-order valence-electron chi connectivity index (χ1n) is 1.96. The molecule has 9 heavy (non-hydrogen) atoms. The highest BCUT2D eigenvalue weighted by Crippen LogP contribution is 2.00. The van der Waals surface area contributed by atoms with E-state index in [1.54, 1.807) is 0 Å². The van der Waals surface area contributed by atoms with E-state index in [-0.39, 0.29) is 5.75 Å². The molecule has 0 rings (SSSR count). The maximum Gasteiger partial charge on any atom is 0.265 e. The smallest absolute Gasteiger partial charge is 0.265 e. The second kappa shape index (κ2) is 3.80. The van der Waals surface area contributed by atoms with Crippen LogP contribution in [0.1, 0.15) is 0 Å². The Kier molecular flexibility index (Phi) is 3.75. The molecule has 0 amide bonds. The highest BCUT2D eigenvalue weighted by Gasteiger charge is 2.02. The Hall–Kier alpha value is -0.140. The minimum absolute atomic E-state index is 0.00231. The number of nitrogens with zero attached hydrogens (tertiary/aromatic N) is 1. The van der Waals surface area contributed by atoms with Crippen LogP contribution >= 0.6 is 11.9 Å². The van der Waals surface area contributed by atoms with Gasteiger partial charge in [-0.05, 0) is 0 Å². The van der Waals surface area contributed by atoms with Gasteiger partial charge in [0.1, 0.15) is 0 Å². The second-order valence-electron chi connectivity index (χ2n) is 1.19. The van der Waals surface area contributed by atoms with Gasteiger partial charge in [0.2, 0.25) is 0 Å². The summed E-state index contributed by atoms with van der Waals surface area (Å²) >= 11 is 0.565. The van der Waals surface area contributed by atoms with E-state index >= 15 is 0 Å². The molecule has 54 valence electrons. The summed E-state index contributed by atoms with van der Waals surface area (Å²) in [5, 5.41) is 0. The summed E-state index contributed by atoms with van der Waals surface area (Å²) in [6.07, 6.45) is 0. The van der Waals surface area contributed by atoms with Crippen molar-refractivity contribution in [2.45, 2.75) is 0 Å². The van der Waals surface area contributed by atoms with Gasteiger partial charge < -0.3 is 0 Å².